The molecule has 3 heterocycles. The van der Waals surface area contributed by atoms with Crippen LogP contribution in [0, 0.1) is 5.92 Å². The van der Waals surface area contributed by atoms with Crippen molar-refractivity contribution in [2.24, 2.45) is 5.92 Å². The molecule has 1 unspecified atom stereocenters. The van der Waals surface area contributed by atoms with Crippen molar-refractivity contribution in [3.8, 4) is 11.4 Å². The van der Waals surface area contributed by atoms with Crippen molar-refractivity contribution >= 4 is 11.6 Å². The zero-order valence-electron chi connectivity index (χ0n) is 14.8. The molecule has 136 valence electrons. The first-order chi connectivity index (χ1) is 12.7. The molecule has 0 bridgehead atoms. The van der Waals surface area contributed by atoms with E-state index in [1.54, 1.807) is 10.7 Å². The highest BCUT2D eigenvalue weighted by atomic mass is 16.5. The molecule has 3 aromatic rings. The van der Waals surface area contributed by atoms with Gasteiger partial charge in [0.15, 0.2) is 5.65 Å². The third-order valence-electron chi connectivity index (χ3n) is 4.93. The maximum Gasteiger partial charge on any atom is 0.249 e. The highest BCUT2D eigenvalue weighted by Gasteiger charge is 2.21. The number of hydrogen-bond donors (Lipinski definition) is 1. The summed E-state index contributed by atoms with van der Waals surface area (Å²) in [5.41, 5.74) is 1.40. The number of carbonyl (C=O) groups is 1. The molecule has 0 aromatic carbocycles. The summed E-state index contributed by atoms with van der Waals surface area (Å²) in [5, 5.41) is 11.1. The Balaban J connectivity index is 1.44. The molecular weight excluding hydrogens is 332 g/mol. The smallest absolute Gasteiger partial charge is 0.249 e. The highest BCUT2D eigenvalue weighted by Crippen LogP contribution is 2.27. The van der Waals surface area contributed by atoms with Crippen molar-refractivity contribution in [3.63, 3.8) is 0 Å². The van der Waals surface area contributed by atoms with Crippen molar-refractivity contribution < 1.29 is 9.32 Å². The largest absolute Gasteiger partial charge is 0.345 e. The van der Waals surface area contributed by atoms with Gasteiger partial charge in [0.05, 0.1) is 5.56 Å². The van der Waals surface area contributed by atoms with E-state index in [0.717, 1.165) is 18.4 Å². The first-order valence-corrected chi connectivity index (χ1v) is 9.12. The van der Waals surface area contributed by atoms with Crippen LogP contribution in [0.15, 0.2) is 29.2 Å². The number of nitrogens with zero attached hydrogens (tertiary/aromatic N) is 5. The predicted octanol–water partition coefficient (Wildman–Crippen LogP) is 2.93. The molecule has 4 rings (SSSR count). The van der Waals surface area contributed by atoms with Gasteiger partial charge in [-0.2, -0.15) is 10.1 Å². The van der Waals surface area contributed by atoms with Gasteiger partial charge in [0, 0.05) is 12.6 Å². The van der Waals surface area contributed by atoms with Gasteiger partial charge in [-0.1, -0.05) is 24.4 Å². The van der Waals surface area contributed by atoms with E-state index in [1.165, 1.54) is 25.6 Å². The summed E-state index contributed by atoms with van der Waals surface area (Å²) < 4.78 is 7.02. The Morgan fingerprint density at radius 1 is 1.38 bits per heavy atom. The normalized spacial score (nSPS) is 16.7. The topological polar surface area (TPSA) is 98.2 Å². The third kappa shape index (κ3) is 3.44. The standard InChI is InChI=1S/C18H22N6O2/c1-12(21-15(25)10-13-6-3-2-4-7-13)18-22-16(23-26-18)14-8-5-9-24-17(14)19-11-20-24/h5,8-9,11-13H,2-4,6-7,10H2,1H3,(H,21,25). The molecule has 8 nitrogen and oxygen atoms in total. The maximum absolute atomic E-state index is 12.3. The quantitative estimate of drug-likeness (QED) is 0.756. The van der Waals surface area contributed by atoms with E-state index in [0.29, 0.717) is 29.7 Å². The summed E-state index contributed by atoms with van der Waals surface area (Å²) in [6.45, 7) is 1.85. The van der Waals surface area contributed by atoms with Crippen LogP contribution in [0.25, 0.3) is 17.0 Å². The zero-order chi connectivity index (χ0) is 17.9. The average molecular weight is 354 g/mol. The summed E-state index contributed by atoms with van der Waals surface area (Å²) in [5.74, 6) is 1.37. The fraction of sp³-hybridized carbons (Fsp3) is 0.500. The van der Waals surface area contributed by atoms with Crippen molar-refractivity contribution in [2.75, 3.05) is 0 Å². The number of fused-ring (bicyclic) bond motifs is 1. The SMILES string of the molecule is CC(NC(=O)CC1CCCCC1)c1nc(-c2cccn3ncnc23)no1. The second-order valence-corrected chi connectivity index (χ2v) is 6.90. The fourth-order valence-corrected chi connectivity index (χ4v) is 3.56. The predicted molar refractivity (Wildman–Crippen MR) is 94.0 cm³/mol. The molecule has 1 N–H and O–H groups in total. The summed E-state index contributed by atoms with van der Waals surface area (Å²) in [7, 11) is 0. The molecule has 1 aliphatic rings. The van der Waals surface area contributed by atoms with Gasteiger partial charge in [-0.3, -0.25) is 4.79 Å². The van der Waals surface area contributed by atoms with Crippen LogP contribution in [0.2, 0.25) is 0 Å². The molecule has 0 radical (unpaired) electrons. The molecule has 8 heteroatoms. The minimum Gasteiger partial charge on any atom is -0.345 e. The molecule has 1 atom stereocenters. The molecule has 1 amide bonds. The monoisotopic (exact) mass is 354 g/mol. The summed E-state index contributed by atoms with van der Waals surface area (Å²) >= 11 is 0. The summed E-state index contributed by atoms with van der Waals surface area (Å²) in [6, 6.07) is 3.39. The molecule has 26 heavy (non-hydrogen) atoms. The number of amides is 1. The lowest BCUT2D eigenvalue weighted by atomic mass is 9.87. The lowest BCUT2D eigenvalue weighted by Crippen LogP contribution is -2.29. The fourth-order valence-electron chi connectivity index (χ4n) is 3.56. The lowest BCUT2D eigenvalue weighted by Gasteiger charge is -2.21. The lowest BCUT2D eigenvalue weighted by molar-refractivity contribution is -0.123. The van der Waals surface area contributed by atoms with E-state index in [-0.39, 0.29) is 11.9 Å². The number of pyridine rings is 1. The second kappa shape index (κ2) is 7.23. The van der Waals surface area contributed by atoms with Gasteiger partial charge in [0.25, 0.3) is 0 Å². The number of carbonyl (C=O) groups excluding carboxylic acids is 1. The van der Waals surface area contributed by atoms with Crippen molar-refractivity contribution in [3.05, 3.63) is 30.5 Å². The van der Waals surface area contributed by atoms with Crippen LogP contribution < -0.4 is 5.32 Å². The Bertz CT molecular complexity index is 896. The Kier molecular flexibility index (Phi) is 4.64. The van der Waals surface area contributed by atoms with E-state index in [9.17, 15) is 4.79 Å². The van der Waals surface area contributed by atoms with Gasteiger partial charge < -0.3 is 9.84 Å². The van der Waals surface area contributed by atoms with E-state index in [2.05, 4.69) is 25.5 Å². The summed E-state index contributed by atoms with van der Waals surface area (Å²) in [6.07, 6.45) is 9.91. The van der Waals surface area contributed by atoms with Crippen molar-refractivity contribution in [1.29, 1.82) is 0 Å². The van der Waals surface area contributed by atoms with E-state index in [4.69, 9.17) is 4.52 Å². The van der Waals surface area contributed by atoms with E-state index < -0.39 is 0 Å². The second-order valence-electron chi connectivity index (χ2n) is 6.90. The number of nitrogens with one attached hydrogen (secondary N) is 1. The first-order valence-electron chi connectivity index (χ1n) is 9.12. The van der Waals surface area contributed by atoms with Gasteiger partial charge in [-0.15, -0.1) is 0 Å². The molecule has 3 aromatic heterocycles. The minimum atomic E-state index is -0.329. The molecule has 1 fully saturated rings. The molecule has 0 saturated heterocycles. The van der Waals surface area contributed by atoms with Gasteiger partial charge in [-0.05, 0) is 37.8 Å². The van der Waals surface area contributed by atoms with Gasteiger partial charge in [0.2, 0.25) is 17.6 Å². The molecule has 0 spiro atoms. The molecule has 1 saturated carbocycles. The Morgan fingerprint density at radius 2 is 2.23 bits per heavy atom. The number of rotatable bonds is 5. The first kappa shape index (κ1) is 16.7. The van der Waals surface area contributed by atoms with Crippen LogP contribution in [0.1, 0.15) is 57.4 Å². The minimum absolute atomic E-state index is 0.0451. The van der Waals surface area contributed by atoms with Crippen LogP contribution in [-0.4, -0.2) is 30.6 Å². The van der Waals surface area contributed by atoms with Crippen LogP contribution in [0.4, 0.5) is 0 Å². The van der Waals surface area contributed by atoms with Crippen molar-refractivity contribution in [2.45, 2.75) is 51.5 Å². The van der Waals surface area contributed by atoms with Gasteiger partial charge in [0.1, 0.15) is 12.4 Å². The average Bonchev–Trinajstić information content (AvgIpc) is 3.31. The number of hydrogen-bond acceptors (Lipinski definition) is 6. The Hall–Kier alpha value is -2.77. The highest BCUT2D eigenvalue weighted by molar-refractivity contribution is 5.76. The van der Waals surface area contributed by atoms with Crippen LogP contribution >= 0.6 is 0 Å². The van der Waals surface area contributed by atoms with E-state index in [1.807, 2.05) is 19.1 Å². The van der Waals surface area contributed by atoms with Crippen LogP contribution in [0.5, 0.6) is 0 Å². The number of aromatic nitrogens is 5. The van der Waals surface area contributed by atoms with E-state index >= 15 is 0 Å². The molecular formula is C18H22N6O2. The molecule has 0 aliphatic heterocycles. The van der Waals surface area contributed by atoms with Gasteiger partial charge >= 0.3 is 0 Å². The third-order valence-corrected chi connectivity index (χ3v) is 4.93. The van der Waals surface area contributed by atoms with Crippen LogP contribution in [-0.2, 0) is 4.79 Å². The maximum atomic E-state index is 12.3. The van der Waals surface area contributed by atoms with Crippen molar-refractivity contribution in [1.82, 2.24) is 30.1 Å². The van der Waals surface area contributed by atoms with Gasteiger partial charge in [-0.25, -0.2) is 9.50 Å². The Labute approximate surface area is 151 Å². The summed E-state index contributed by atoms with van der Waals surface area (Å²) in [4.78, 5) is 20.9. The molecule has 1 aliphatic carbocycles. The van der Waals surface area contributed by atoms with Crippen LogP contribution in [0.3, 0.4) is 0 Å². The Morgan fingerprint density at radius 3 is 3.08 bits per heavy atom. The zero-order valence-corrected chi connectivity index (χ0v) is 14.8.